The van der Waals surface area contributed by atoms with Gasteiger partial charge < -0.3 is 4.48 Å². The second-order valence-electron chi connectivity index (χ2n) is 7.56. The topological polar surface area (TPSA) is 0 Å². The number of quaternary nitrogens is 1. The van der Waals surface area contributed by atoms with Gasteiger partial charge in [-0.2, -0.15) is 0 Å². The molecule has 1 atom stereocenters. The first-order valence-electron chi connectivity index (χ1n) is 9.91. The van der Waals surface area contributed by atoms with Gasteiger partial charge in [-0.15, -0.1) is 0 Å². The zero-order chi connectivity index (χ0) is 16.0. The third-order valence-electron chi connectivity index (χ3n) is 5.11. The summed E-state index contributed by atoms with van der Waals surface area (Å²) in [7, 11) is 4.97. The van der Waals surface area contributed by atoms with Crippen LogP contribution in [0.3, 0.4) is 0 Å². The molecule has 0 bridgehead atoms. The average Bonchev–Trinajstić information content (AvgIpc) is 2.46. The molecular formula is C20H44N+. The van der Waals surface area contributed by atoms with Crippen molar-refractivity contribution in [1.82, 2.24) is 0 Å². The lowest BCUT2D eigenvalue weighted by Gasteiger charge is -2.39. The van der Waals surface area contributed by atoms with E-state index in [2.05, 4.69) is 34.9 Å². The molecule has 1 heteroatoms. The smallest absolute Gasteiger partial charge is 0.0886 e. The Bertz CT molecular complexity index is 210. The summed E-state index contributed by atoms with van der Waals surface area (Å²) in [6.45, 7) is 8.33. The largest absolute Gasteiger partial charge is 0.326 e. The fourth-order valence-corrected chi connectivity index (χ4v) is 3.40. The maximum absolute atomic E-state index is 2.48. The highest BCUT2D eigenvalue weighted by Gasteiger charge is 2.26. The molecule has 0 N–H and O–H groups in total. The Labute approximate surface area is 136 Å². The molecule has 0 aromatic heterocycles. The van der Waals surface area contributed by atoms with Gasteiger partial charge in [0.1, 0.15) is 0 Å². The van der Waals surface area contributed by atoms with E-state index in [9.17, 15) is 0 Å². The Balaban J connectivity index is 4.07. The Morgan fingerprint density at radius 1 is 0.571 bits per heavy atom. The number of rotatable bonds is 15. The molecule has 0 saturated heterocycles. The minimum absolute atomic E-state index is 0.896. The van der Waals surface area contributed by atoms with Crippen LogP contribution < -0.4 is 0 Å². The van der Waals surface area contributed by atoms with Crippen LogP contribution >= 0.6 is 0 Å². The minimum atomic E-state index is 0.896. The number of nitrogens with zero attached hydrogens (tertiary/aromatic N) is 1. The van der Waals surface area contributed by atoms with E-state index in [4.69, 9.17) is 0 Å². The van der Waals surface area contributed by atoms with Gasteiger partial charge in [0.25, 0.3) is 0 Å². The standard InChI is InChI=1S/C20H44N/c1-6-9-12-13-14-16-19-21(4,5)20(17-11-8-3)18-15-10-7-2/h20H,6-19H2,1-5H3/q+1. The molecule has 21 heavy (non-hydrogen) atoms. The molecule has 0 amide bonds. The number of hydrogen-bond donors (Lipinski definition) is 0. The van der Waals surface area contributed by atoms with Gasteiger partial charge in [0.2, 0.25) is 0 Å². The summed E-state index contributed by atoms with van der Waals surface area (Å²) in [5, 5.41) is 0. The molecule has 0 aliphatic rings. The third-order valence-corrected chi connectivity index (χ3v) is 5.11. The molecule has 0 aromatic rings. The molecule has 0 rings (SSSR count). The van der Waals surface area contributed by atoms with Crippen LogP contribution in [0.5, 0.6) is 0 Å². The van der Waals surface area contributed by atoms with Gasteiger partial charge in [-0.3, -0.25) is 0 Å². The average molecular weight is 299 g/mol. The van der Waals surface area contributed by atoms with E-state index in [1.807, 2.05) is 0 Å². The van der Waals surface area contributed by atoms with Gasteiger partial charge >= 0.3 is 0 Å². The first-order chi connectivity index (χ1) is 10.1. The van der Waals surface area contributed by atoms with E-state index >= 15 is 0 Å². The minimum Gasteiger partial charge on any atom is -0.326 e. The molecule has 0 heterocycles. The first kappa shape index (κ1) is 21.0. The van der Waals surface area contributed by atoms with Crippen molar-refractivity contribution in [3.8, 4) is 0 Å². The highest BCUT2D eigenvalue weighted by Crippen LogP contribution is 2.21. The van der Waals surface area contributed by atoms with Crippen molar-refractivity contribution >= 4 is 0 Å². The van der Waals surface area contributed by atoms with Gasteiger partial charge in [0.05, 0.1) is 26.7 Å². The lowest BCUT2D eigenvalue weighted by Crippen LogP contribution is -2.49. The Morgan fingerprint density at radius 2 is 1.05 bits per heavy atom. The predicted molar refractivity (Wildman–Crippen MR) is 97.8 cm³/mol. The quantitative estimate of drug-likeness (QED) is 0.237. The molecule has 128 valence electrons. The Hall–Kier alpha value is -0.0400. The van der Waals surface area contributed by atoms with Crippen LogP contribution in [0.1, 0.15) is 104 Å². The summed E-state index contributed by atoms with van der Waals surface area (Å²) >= 11 is 0. The van der Waals surface area contributed by atoms with Crippen molar-refractivity contribution in [2.75, 3.05) is 20.6 Å². The summed E-state index contributed by atoms with van der Waals surface area (Å²) in [6, 6.07) is 0.896. The second kappa shape index (κ2) is 13.6. The fourth-order valence-electron chi connectivity index (χ4n) is 3.40. The van der Waals surface area contributed by atoms with Crippen molar-refractivity contribution < 1.29 is 4.48 Å². The SMILES string of the molecule is CCCCCCCC[N+](C)(C)C(CCCC)CCCCC. The van der Waals surface area contributed by atoms with E-state index in [0.29, 0.717) is 0 Å². The lowest BCUT2D eigenvalue weighted by atomic mass is 9.99. The number of hydrogen-bond acceptors (Lipinski definition) is 0. The molecule has 0 radical (unpaired) electrons. The summed E-state index contributed by atoms with van der Waals surface area (Å²) < 4.78 is 1.26. The summed E-state index contributed by atoms with van der Waals surface area (Å²) in [4.78, 5) is 0. The van der Waals surface area contributed by atoms with E-state index in [0.717, 1.165) is 6.04 Å². The van der Waals surface area contributed by atoms with Crippen molar-refractivity contribution in [3.63, 3.8) is 0 Å². The normalized spacial score (nSPS) is 13.6. The molecule has 0 aliphatic heterocycles. The predicted octanol–water partition coefficient (Wildman–Crippen LogP) is 6.56. The summed E-state index contributed by atoms with van der Waals surface area (Å²) in [5.74, 6) is 0. The van der Waals surface area contributed by atoms with Gasteiger partial charge in [-0.05, 0) is 38.5 Å². The molecular weight excluding hydrogens is 254 g/mol. The molecule has 0 saturated carbocycles. The lowest BCUT2D eigenvalue weighted by molar-refractivity contribution is -0.916. The maximum Gasteiger partial charge on any atom is 0.0886 e. The molecule has 1 unspecified atom stereocenters. The van der Waals surface area contributed by atoms with Crippen LogP contribution in [0.4, 0.5) is 0 Å². The van der Waals surface area contributed by atoms with Crippen LogP contribution in [0, 0.1) is 0 Å². The molecule has 1 nitrogen and oxygen atoms in total. The van der Waals surface area contributed by atoms with Crippen molar-refractivity contribution in [3.05, 3.63) is 0 Å². The molecule has 0 spiro atoms. The highest BCUT2D eigenvalue weighted by molar-refractivity contribution is 4.60. The second-order valence-corrected chi connectivity index (χ2v) is 7.56. The van der Waals surface area contributed by atoms with Gasteiger partial charge in [0.15, 0.2) is 0 Å². The molecule has 0 aromatic carbocycles. The summed E-state index contributed by atoms with van der Waals surface area (Å²) in [6.07, 6.45) is 18.4. The third kappa shape index (κ3) is 11.2. The van der Waals surface area contributed by atoms with Crippen molar-refractivity contribution in [1.29, 1.82) is 0 Å². The van der Waals surface area contributed by atoms with Crippen LogP contribution in [-0.4, -0.2) is 31.2 Å². The van der Waals surface area contributed by atoms with Gasteiger partial charge in [-0.1, -0.05) is 65.7 Å². The van der Waals surface area contributed by atoms with Crippen LogP contribution in [0.15, 0.2) is 0 Å². The Morgan fingerprint density at radius 3 is 1.67 bits per heavy atom. The van der Waals surface area contributed by atoms with Crippen molar-refractivity contribution in [2.45, 2.75) is 110 Å². The van der Waals surface area contributed by atoms with E-state index in [-0.39, 0.29) is 0 Å². The fraction of sp³-hybridized carbons (Fsp3) is 1.00. The van der Waals surface area contributed by atoms with E-state index in [1.165, 1.54) is 94.5 Å². The zero-order valence-electron chi connectivity index (χ0n) is 15.9. The van der Waals surface area contributed by atoms with Gasteiger partial charge in [-0.25, -0.2) is 0 Å². The summed E-state index contributed by atoms with van der Waals surface area (Å²) in [5.41, 5.74) is 0. The van der Waals surface area contributed by atoms with Gasteiger partial charge in [0, 0.05) is 0 Å². The maximum atomic E-state index is 2.48. The van der Waals surface area contributed by atoms with Crippen molar-refractivity contribution in [2.24, 2.45) is 0 Å². The van der Waals surface area contributed by atoms with E-state index in [1.54, 1.807) is 0 Å². The molecule has 0 fully saturated rings. The Kier molecular flexibility index (Phi) is 13.6. The monoisotopic (exact) mass is 298 g/mol. The number of unbranched alkanes of at least 4 members (excludes halogenated alkanes) is 8. The molecule has 0 aliphatic carbocycles. The van der Waals surface area contributed by atoms with Crippen LogP contribution in [-0.2, 0) is 0 Å². The highest BCUT2D eigenvalue weighted by atomic mass is 15.3. The zero-order valence-corrected chi connectivity index (χ0v) is 15.9. The van der Waals surface area contributed by atoms with Crippen LogP contribution in [0.2, 0.25) is 0 Å². The van der Waals surface area contributed by atoms with Crippen LogP contribution in [0.25, 0.3) is 0 Å². The van der Waals surface area contributed by atoms with E-state index < -0.39 is 0 Å². The first-order valence-corrected chi connectivity index (χ1v) is 9.91.